The van der Waals surface area contributed by atoms with Crippen LogP contribution < -0.4 is 5.32 Å². The lowest BCUT2D eigenvalue weighted by Gasteiger charge is -2.38. The van der Waals surface area contributed by atoms with Crippen LogP contribution in [0.1, 0.15) is 32.3 Å². The van der Waals surface area contributed by atoms with Crippen LogP contribution in [0.25, 0.3) is 10.9 Å². The molecule has 1 fully saturated rings. The minimum atomic E-state index is 0.648. The van der Waals surface area contributed by atoms with Crippen molar-refractivity contribution < 1.29 is 0 Å². The Labute approximate surface area is 127 Å². The second-order valence-corrected chi connectivity index (χ2v) is 6.27. The van der Waals surface area contributed by atoms with Crippen molar-refractivity contribution in [2.24, 2.45) is 5.92 Å². The van der Waals surface area contributed by atoms with Crippen LogP contribution in [0.2, 0.25) is 0 Å². The molecule has 1 N–H and O–H groups in total. The standard InChI is InChI=1S/C18H25N3/c1-13-7-6-10-21(14(13)2)12-16-11-15-8-4-5-9-17(15)20-18(16)19-3/h4-5,8-9,11,13-14H,6-7,10,12H2,1-3H3,(H,19,20). The maximum absolute atomic E-state index is 4.77. The Morgan fingerprint density at radius 1 is 1.29 bits per heavy atom. The van der Waals surface area contributed by atoms with E-state index < -0.39 is 0 Å². The largest absolute Gasteiger partial charge is 0.373 e. The van der Waals surface area contributed by atoms with Gasteiger partial charge in [-0.1, -0.05) is 25.1 Å². The molecular formula is C18H25N3. The molecule has 3 rings (SSSR count). The van der Waals surface area contributed by atoms with Crippen molar-refractivity contribution in [2.75, 3.05) is 18.9 Å². The Bertz CT molecular complexity index is 623. The van der Waals surface area contributed by atoms with Gasteiger partial charge in [0.25, 0.3) is 0 Å². The van der Waals surface area contributed by atoms with E-state index in [1.807, 2.05) is 13.1 Å². The molecule has 1 aromatic heterocycles. The Hall–Kier alpha value is -1.61. The van der Waals surface area contributed by atoms with Crippen LogP contribution in [0.3, 0.4) is 0 Å². The average molecular weight is 283 g/mol. The van der Waals surface area contributed by atoms with Gasteiger partial charge in [0.1, 0.15) is 5.82 Å². The first-order valence-electron chi connectivity index (χ1n) is 7.99. The Kier molecular flexibility index (Phi) is 4.11. The maximum Gasteiger partial charge on any atom is 0.130 e. The minimum absolute atomic E-state index is 0.648. The summed E-state index contributed by atoms with van der Waals surface area (Å²) in [5, 5.41) is 4.49. The number of hydrogen-bond donors (Lipinski definition) is 1. The lowest BCUT2D eigenvalue weighted by Crippen LogP contribution is -2.41. The molecule has 0 radical (unpaired) electrons. The van der Waals surface area contributed by atoms with E-state index in [0.29, 0.717) is 6.04 Å². The van der Waals surface area contributed by atoms with E-state index in [4.69, 9.17) is 4.98 Å². The highest BCUT2D eigenvalue weighted by Gasteiger charge is 2.25. The summed E-state index contributed by atoms with van der Waals surface area (Å²) in [6.07, 6.45) is 2.66. The maximum atomic E-state index is 4.77. The summed E-state index contributed by atoms with van der Waals surface area (Å²) >= 11 is 0. The second kappa shape index (κ2) is 6.02. The lowest BCUT2D eigenvalue weighted by molar-refractivity contribution is 0.107. The van der Waals surface area contributed by atoms with E-state index in [2.05, 4.69) is 48.3 Å². The molecule has 0 aliphatic carbocycles. The molecule has 0 amide bonds. The van der Waals surface area contributed by atoms with E-state index in [1.54, 1.807) is 0 Å². The Balaban J connectivity index is 1.91. The van der Waals surface area contributed by atoms with Crippen molar-refractivity contribution in [3.63, 3.8) is 0 Å². The van der Waals surface area contributed by atoms with Gasteiger partial charge in [-0.3, -0.25) is 4.90 Å². The van der Waals surface area contributed by atoms with Gasteiger partial charge in [-0.05, 0) is 44.4 Å². The fourth-order valence-corrected chi connectivity index (χ4v) is 3.36. The fourth-order valence-electron chi connectivity index (χ4n) is 3.36. The summed E-state index contributed by atoms with van der Waals surface area (Å²) in [6, 6.07) is 11.3. The quantitative estimate of drug-likeness (QED) is 0.926. The van der Waals surface area contributed by atoms with Gasteiger partial charge in [0.2, 0.25) is 0 Å². The number of aromatic nitrogens is 1. The zero-order valence-electron chi connectivity index (χ0n) is 13.3. The molecule has 1 aliphatic heterocycles. The van der Waals surface area contributed by atoms with Crippen molar-refractivity contribution in [3.05, 3.63) is 35.9 Å². The topological polar surface area (TPSA) is 28.2 Å². The van der Waals surface area contributed by atoms with E-state index in [0.717, 1.165) is 23.8 Å². The summed E-state index contributed by atoms with van der Waals surface area (Å²) in [6.45, 7) is 6.91. The minimum Gasteiger partial charge on any atom is -0.373 e. The van der Waals surface area contributed by atoms with Crippen LogP contribution in [-0.2, 0) is 6.54 Å². The van der Waals surface area contributed by atoms with E-state index in [1.165, 1.54) is 30.3 Å². The molecule has 21 heavy (non-hydrogen) atoms. The van der Waals surface area contributed by atoms with Gasteiger partial charge < -0.3 is 5.32 Å². The van der Waals surface area contributed by atoms with Gasteiger partial charge in [0.05, 0.1) is 5.52 Å². The predicted molar refractivity (Wildman–Crippen MR) is 89.6 cm³/mol. The normalized spacial score (nSPS) is 23.4. The van der Waals surface area contributed by atoms with Crippen molar-refractivity contribution >= 4 is 16.7 Å². The van der Waals surface area contributed by atoms with Crippen molar-refractivity contribution in [3.8, 4) is 0 Å². The van der Waals surface area contributed by atoms with E-state index in [-0.39, 0.29) is 0 Å². The average Bonchev–Trinajstić information content (AvgIpc) is 2.51. The van der Waals surface area contributed by atoms with E-state index >= 15 is 0 Å². The van der Waals surface area contributed by atoms with Crippen LogP contribution >= 0.6 is 0 Å². The lowest BCUT2D eigenvalue weighted by atomic mass is 9.91. The van der Waals surface area contributed by atoms with E-state index in [9.17, 15) is 0 Å². The van der Waals surface area contributed by atoms with Gasteiger partial charge in [-0.15, -0.1) is 0 Å². The molecule has 1 saturated heterocycles. The molecule has 1 aromatic carbocycles. The number of fused-ring (bicyclic) bond motifs is 1. The van der Waals surface area contributed by atoms with Crippen molar-refractivity contribution in [1.29, 1.82) is 0 Å². The van der Waals surface area contributed by atoms with Crippen molar-refractivity contribution in [1.82, 2.24) is 9.88 Å². The summed E-state index contributed by atoms with van der Waals surface area (Å²) < 4.78 is 0. The fraction of sp³-hybridized carbons (Fsp3) is 0.500. The van der Waals surface area contributed by atoms with Gasteiger partial charge in [0.15, 0.2) is 0 Å². The molecule has 1 aliphatic rings. The molecule has 2 aromatic rings. The first-order chi connectivity index (χ1) is 10.2. The summed E-state index contributed by atoms with van der Waals surface area (Å²) in [5.41, 5.74) is 2.36. The molecule has 2 unspecified atom stereocenters. The highest BCUT2D eigenvalue weighted by molar-refractivity contribution is 5.81. The number of pyridine rings is 1. The zero-order valence-corrected chi connectivity index (χ0v) is 13.3. The molecule has 3 nitrogen and oxygen atoms in total. The SMILES string of the molecule is CNc1nc2ccccc2cc1CN1CCCC(C)C1C. The smallest absolute Gasteiger partial charge is 0.130 e. The number of benzene rings is 1. The Morgan fingerprint density at radius 3 is 2.90 bits per heavy atom. The summed E-state index contributed by atoms with van der Waals surface area (Å²) in [4.78, 5) is 7.36. The third kappa shape index (κ3) is 2.88. The number of nitrogens with one attached hydrogen (secondary N) is 1. The third-order valence-electron chi connectivity index (χ3n) is 4.92. The Morgan fingerprint density at radius 2 is 2.10 bits per heavy atom. The third-order valence-corrected chi connectivity index (χ3v) is 4.92. The van der Waals surface area contributed by atoms with Crippen LogP contribution in [0.4, 0.5) is 5.82 Å². The first kappa shape index (κ1) is 14.3. The molecule has 2 heterocycles. The van der Waals surface area contributed by atoms with Gasteiger partial charge in [-0.2, -0.15) is 0 Å². The molecule has 3 heteroatoms. The summed E-state index contributed by atoms with van der Waals surface area (Å²) in [5.74, 6) is 1.80. The number of piperidine rings is 1. The highest BCUT2D eigenvalue weighted by Crippen LogP contribution is 2.27. The highest BCUT2D eigenvalue weighted by atomic mass is 15.2. The molecule has 2 atom stereocenters. The second-order valence-electron chi connectivity index (χ2n) is 6.27. The molecule has 0 saturated carbocycles. The van der Waals surface area contributed by atoms with Gasteiger partial charge in [0, 0.05) is 30.6 Å². The van der Waals surface area contributed by atoms with Gasteiger partial charge in [-0.25, -0.2) is 4.98 Å². The molecule has 112 valence electrons. The number of rotatable bonds is 3. The number of anilines is 1. The summed E-state index contributed by atoms with van der Waals surface area (Å²) in [7, 11) is 1.96. The van der Waals surface area contributed by atoms with Crippen LogP contribution in [-0.4, -0.2) is 29.5 Å². The molecule has 0 bridgehead atoms. The number of para-hydroxylation sites is 1. The number of likely N-dealkylation sites (tertiary alicyclic amines) is 1. The first-order valence-corrected chi connectivity index (χ1v) is 7.99. The monoisotopic (exact) mass is 283 g/mol. The van der Waals surface area contributed by atoms with Crippen molar-refractivity contribution in [2.45, 2.75) is 39.3 Å². The van der Waals surface area contributed by atoms with Crippen LogP contribution in [0.15, 0.2) is 30.3 Å². The van der Waals surface area contributed by atoms with Crippen LogP contribution in [0.5, 0.6) is 0 Å². The molecular weight excluding hydrogens is 258 g/mol. The van der Waals surface area contributed by atoms with Gasteiger partial charge >= 0.3 is 0 Å². The molecule has 0 spiro atoms. The number of nitrogens with zero attached hydrogens (tertiary/aromatic N) is 2. The number of hydrogen-bond acceptors (Lipinski definition) is 3. The van der Waals surface area contributed by atoms with Crippen LogP contribution in [0, 0.1) is 5.92 Å². The zero-order chi connectivity index (χ0) is 14.8. The predicted octanol–water partition coefficient (Wildman–Crippen LogP) is 3.90.